The van der Waals surface area contributed by atoms with Crippen LogP contribution in [-0.2, 0) is 0 Å². The molecule has 0 saturated carbocycles. The Morgan fingerprint density at radius 2 is 1.79 bits per heavy atom. The van der Waals surface area contributed by atoms with Gasteiger partial charge < -0.3 is 10.6 Å². The second-order valence-electron chi connectivity index (χ2n) is 5.27. The van der Waals surface area contributed by atoms with Crippen molar-refractivity contribution in [1.29, 1.82) is 0 Å². The highest BCUT2D eigenvalue weighted by Crippen LogP contribution is 2.25. The van der Waals surface area contributed by atoms with Gasteiger partial charge in [0.2, 0.25) is 0 Å². The van der Waals surface area contributed by atoms with Crippen molar-refractivity contribution >= 4 is 18.3 Å². The van der Waals surface area contributed by atoms with Gasteiger partial charge in [0.1, 0.15) is 0 Å². The predicted octanol–water partition coefficient (Wildman–Crippen LogP) is 2.71. The second kappa shape index (κ2) is 7.51. The monoisotopic (exact) mass is 282 g/mol. The van der Waals surface area contributed by atoms with Crippen LogP contribution in [0.5, 0.6) is 0 Å². The van der Waals surface area contributed by atoms with Crippen molar-refractivity contribution in [3.8, 4) is 0 Å². The first kappa shape index (κ1) is 16.0. The van der Waals surface area contributed by atoms with Crippen LogP contribution >= 0.6 is 12.4 Å². The Kier molecular flexibility index (Phi) is 6.32. The lowest BCUT2D eigenvalue weighted by molar-refractivity contribution is 0.0943. The highest BCUT2D eigenvalue weighted by atomic mass is 35.5. The third kappa shape index (κ3) is 4.51. The molecule has 3 nitrogen and oxygen atoms in total. The average molecular weight is 283 g/mol. The normalized spacial score (nSPS) is 15.9. The van der Waals surface area contributed by atoms with Crippen molar-refractivity contribution in [2.24, 2.45) is 0 Å². The maximum absolute atomic E-state index is 11.8. The van der Waals surface area contributed by atoms with Gasteiger partial charge in [0.05, 0.1) is 0 Å². The molecule has 1 aromatic rings. The topological polar surface area (TPSA) is 41.1 Å². The van der Waals surface area contributed by atoms with Gasteiger partial charge in [-0.1, -0.05) is 12.1 Å². The fourth-order valence-corrected chi connectivity index (χ4v) is 2.41. The Morgan fingerprint density at radius 1 is 1.21 bits per heavy atom. The van der Waals surface area contributed by atoms with E-state index in [-0.39, 0.29) is 24.4 Å². The lowest BCUT2D eigenvalue weighted by Crippen LogP contribution is -2.30. The first-order chi connectivity index (χ1) is 8.66. The SMILES string of the molecule is CC(C)NC(=O)c1ccc(C2CCNCC2)cc1.Cl. The number of amides is 1. The standard InChI is InChI=1S/C15H22N2O.ClH/c1-11(2)17-15(18)14-5-3-12(4-6-14)13-7-9-16-10-8-13;/h3-6,11,13,16H,7-10H2,1-2H3,(H,17,18);1H. The van der Waals surface area contributed by atoms with E-state index in [1.54, 1.807) is 0 Å². The van der Waals surface area contributed by atoms with E-state index in [0.717, 1.165) is 18.7 Å². The number of nitrogens with one attached hydrogen (secondary N) is 2. The van der Waals surface area contributed by atoms with Gasteiger partial charge in [0.15, 0.2) is 0 Å². The number of hydrogen-bond donors (Lipinski definition) is 2. The van der Waals surface area contributed by atoms with Crippen LogP contribution in [0.3, 0.4) is 0 Å². The molecule has 0 unspecified atom stereocenters. The molecular weight excluding hydrogens is 260 g/mol. The van der Waals surface area contributed by atoms with E-state index in [9.17, 15) is 4.79 Å². The molecule has 0 atom stereocenters. The van der Waals surface area contributed by atoms with Crippen LogP contribution in [0.25, 0.3) is 0 Å². The first-order valence-corrected chi connectivity index (χ1v) is 6.78. The molecule has 0 radical (unpaired) electrons. The molecule has 1 aromatic carbocycles. The van der Waals surface area contributed by atoms with Gasteiger partial charge >= 0.3 is 0 Å². The summed E-state index contributed by atoms with van der Waals surface area (Å²) in [5, 5.41) is 6.28. The average Bonchev–Trinajstić information content (AvgIpc) is 2.39. The van der Waals surface area contributed by atoms with Crippen LogP contribution in [0.4, 0.5) is 0 Å². The van der Waals surface area contributed by atoms with Crippen molar-refractivity contribution in [3.05, 3.63) is 35.4 Å². The molecule has 1 heterocycles. The largest absolute Gasteiger partial charge is 0.350 e. The van der Waals surface area contributed by atoms with E-state index in [4.69, 9.17) is 0 Å². The van der Waals surface area contributed by atoms with E-state index in [1.807, 2.05) is 26.0 Å². The molecule has 19 heavy (non-hydrogen) atoms. The molecular formula is C15H23ClN2O. The molecule has 1 aliphatic rings. The predicted molar refractivity (Wildman–Crippen MR) is 81.1 cm³/mol. The molecule has 2 N–H and O–H groups in total. The van der Waals surface area contributed by atoms with E-state index >= 15 is 0 Å². The zero-order chi connectivity index (χ0) is 13.0. The van der Waals surface area contributed by atoms with Gasteiger partial charge in [-0.3, -0.25) is 4.79 Å². The van der Waals surface area contributed by atoms with E-state index in [0.29, 0.717) is 5.92 Å². The summed E-state index contributed by atoms with van der Waals surface area (Å²) in [5.74, 6) is 0.662. The Bertz CT molecular complexity index is 397. The zero-order valence-corrected chi connectivity index (χ0v) is 12.4. The van der Waals surface area contributed by atoms with Crippen LogP contribution in [0.15, 0.2) is 24.3 Å². The molecule has 1 fully saturated rings. The summed E-state index contributed by atoms with van der Waals surface area (Å²) in [4.78, 5) is 11.8. The molecule has 0 aliphatic carbocycles. The number of rotatable bonds is 3. The van der Waals surface area contributed by atoms with Gasteiger partial charge in [0.25, 0.3) is 5.91 Å². The Hall–Kier alpha value is -1.06. The van der Waals surface area contributed by atoms with Gasteiger partial charge in [-0.25, -0.2) is 0 Å². The van der Waals surface area contributed by atoms with E-state index in [2.05, 4.69) is 22.8 Å². The first-order valence-electron chi connectivity index (χ1n) is 6.78. The van der Waals surface area contributed by atoms with Crippen molar-refractivity contribution in [3.63, 3.8) is 0 Å². The van der Waals surface area contributed by atoms with Gasteiger partial charge in [-0.05, 0) is 63.4 Å². The van der Waals surface area contributed by atoms with Crippen LogP contribution in [0, 0.1) is 0 Å². The Labute approximate surface area is 121 Å². The smallest absolute Gasteiger partial charge is 0.251 e. The Morgan fingerprint density at radius 3 is 2.32 bits per heavy atom. The van der Waals surface area contributed by atoms with E-state index in [1.165, 1.54) is 18.4 Å². The Balaban J connectivity index is 0.00000180. The van der Waals surface area contributed by atoms with Crippen LogP contribution in [0.1, 0.15) is 48.5 Å². The maximum atomic E-state index is 11.8. The fraction of sp³-hybridized carbons (Fsp3) is 0.533. The molecule has 1 aliphatic heterocycles. The molecule has 4 heteroatoms. The quantitative estimate of drug-likeness (QED) is 0.895. The summed E-state index contributed by atoms with van der Waals surface area (Å²) < 4.78 is 0. The third-order valence-corrected chi connectivity index (χ3v) is 3.40. The molecule has 1 amide bonds. The van der Waals surface area contributed by atoms with Gasteiger partial charge in [0, 0.05) is 11.6 Å². The summed E-state index contributed by atoms with van der Waals surface area (Å²) in [7, 11) is 0. The minimum Gasteiger partial charge on any atom is -0.350 e. The van der Waals surface area contributed by atoms with Crippen molar-refractivity contribution < 1.29 is 4.79 Å². The lowest BCUT2D eigenvalue weighted by atomic mass is 9.90. The van der Waals surface area contributed by atoms with Crippen molar-refractivity contribution in [2.75, 3.05) is 13.1 Å². The number of carbonyl (C=O) groups is 1. The minimum absolute atomic E-state index is 0. The molecule has 106 valence electrons. The van der Waals surface area contributed by atoms with Gasteiger partial charge in [-0.2, -0.15) is 0 Å². The molecule has 0 bridgehead atoms. The molecule has 2 rings (SSSR count). The highest BCUT2D eigenvalue weighted by molar-refractivity contribution is 5.94. The van der Waals surface area contributed by atoms with E-state index < -0.39 is 0 Å². The van der Waals surface area contributed by atoms with Crippen molar-refractivity contribution in [2.45, 2.75) is 38.6 Å². The number of halogens is 1. The number of piperidine rings is 1. The summed E-state index contributed by atoms with van der Waals surface area (Å²) in [5.41, 5.74) is 2.11. The number of carbonyl (C=O) groups excluding carboxylic acids is 1. The lowest BCUT2D eigenvalue weighted by Gasteiger charge is -2.23. The van der Waals surface area contributed by atoms with Crippen LogP contribution in [0.2, 0.25) is 0 Å². The van der Waals surface area contributed by atoms with Gasteiger partial charge in [-0.15, -0.1) is 12.4 Å². The molecule has 0 aromatic heterocycles. The van der Waals surface area contributed by atoms with Crippen LogP contribution < -0.4 is 10.6 Å². The zero-order valence-electron chi connectivity index (χ0n) is 11.6. The summed E-state index contributed by atoms with van der Waals surface area (Å²) >= 11 is 0. The summed E-state index contributed by atoms with van der Waals surface area (Å²) in [6.07, 6.45) is 2.38. The summed E-state index contributed by atoms with van der Waals surface area (Å²) in [6.45, 7) is 6.14. The number of benzene rings is 1. The second-order valence-corrected chi connectivity index (χ2v) is 5.27. The van der Waals surface area contributed by atoms with Crippen LogP contribution in [-0.4, -0.2) is 25.0 Å². The third-order valence-electron chi connectivity index (χ3n) is 3.40. The number of hydrogen-bond acceptors (Lipinski definition) is 2. The fourth-order valence-electron chi connectivity index (χ4n) is 2.41. The molecule has 1 saturated heterocycles. The maximum Gasteiger partial charge on any atom is 0.251 e. The molecule has 0 spiro atoms. The van der Waals surface area contributed by atoms with Crippen molar-refractivity contribution in [1.82, 2.24) is 10.6 Å². The summed E-state index contributed by atoms with van der Waals surface area (Å²) in [6, 6.07) is 8.27. The minimum atomic E-state index is 0. The highest BCUT2D eigenvalue weighted by Gasteiger charge is 2.15.